The molecule has 0 aliphatic carbocycles. The van der Waals surface area contributed by atoms with Gasteiger partial charge in [0.1, 0.15) is 11.6 Å². The summed E-state index contributed by atoms with van der Waals surface area (Å²) < 4.78 is 25.9. The monoisotopic (exact) mass is 427 g/mol. The molecule has 166 valence electrons. The number of ether oxygens (including phenoxy) is 2. The van der Waals surface area contributed by atoms with E-state index in [0.29, 0.717) is 31.0 Å². The molecule has 2 saturated heterocycles. The van der Waals surface area contributed by atoms with E-state index < -0.39 is 0 Å². The van der Waals surface area contributed by atoms with Crippen LogP contribution < -0.4 is 15.0 Å². The summed E-state index contributed by atoms with van der Waals surface area (Å²) in [4.78, 5) is 16.8. The summed E-state index contributed by atoms with van der Waals surface area (Å²) in [5, 5.41) is 2.87. The van der Waals surface area contributed by atoms with Gasteiger partial charge in [-0.2, -0.15) is 0 Å². The number of nitrogens with one attached hydrogen (secondary N) is 1. The summed E-state index contributed by atoms with van der Waals surface area (Å²) in [5.74, 6) is 0.430. The third-order valence-electron chi connectivity index (χ3n) is 5.95. The van der Waals surface area contributed by atoms with Gasteiger partial charge in [-0.3, -0.25) is 0 Å². The van der Waals surface area contributed by atoms with Gasteiger partial charge in [-0.05, 0) is 62.6 Å². The minimum Gasteiger partial charge on any atom is -0.497 e. The molecule has 0 bridgehead atoms. The van der Waals surface area contributed by atoms with Crippen LogP contribution in [0.3, 0.4) is 0 Å². The maximum absolute atomic E-state index is 14.9. The predicted molar refractivity (Wildman–Crippen MR) is 119 cm³/mol. The van der Waals surface area contributed by atoms with Crippen LogP contribution >= 0.6 is 0 Å². The van der Waals surface area contributed by atoms with Crippen molar-refractivity contribution in [2.24, 2.45) is 0 Å². The van der Waals surface area contributed by atoms with Gasteiger partial charge in [0.15, 0.2) is 0 Å². The Hall–Kier alpha value is -2.80. The topological polar surface area (TPSA) is 54.0 Å². The molecule has 0 saturated carbocycles. The van der Waals surface area contributed by atoms with E-state index in [1.165, 1.54) is 6.07 Å². The van der Waals surface area contributed by atoms with Gasteiger partial charge in [0.2, 0.25) is 0 Å². The number of hydrogen-bond donors (Lipinski definition) is 1. The van der Waals surface area contributed by atoms with Crippen LogP contribution in [0.1, 0.15) is 38.3 Å². The highest BCUT2D eigenvalue weighted by Crippen LogP contribution is 2.34. The van der Waals surface area contributed by atoms with Gasteiger partial charge in [-0.1, -0.05) is 12.1 Å². The largest absolute Gasteiger partial charge is 0.497 e. The maximum atomic E-state index is 14.9. The van der Waals surface area contributed by atoms with Crippen molar-refractivity contribution in [2.45, 2.75) is 44.9 Å². The summed E-state index contributed by atoms with van der Waals surface area (Å²) >= 11 is 0. The molecule has 0 unspecified atom stereocenters. The van der Waals surface area contributed by atoms with Gasteiger partial charge in [0, 0.05) is 25.3 Å². The summed E-state index contributed by atoms with van der Waals surface area (Å²) in [6.45, 7) is 5.93. The molecule has 0 aromatic heterocycles. The molecule has 4 rings (SSSR count). The Kier molecular flexibility index (Phi) is 6.32. The minimum absolute atomic E-state index is 0.0180. The van der Waals surface area contributed by atoms with Crippen molar-refractivity contribution in [1.29, 1.82) is 0 Å². The number of carbonyl (C=O) groups excluding carboxylic acids is 1. The SMILES string of the molecule is COc1cccc([C@@H]2CCCN2C(=O)Nc2ccc(N3C[C@@H](C)O[C@@H](C)C3)c(F)c2)c1. The molecule has 6 nitrogen and oxygen atoms in total. The van der Waals surface area contributed by atoms with Crippen molar-refractivity contribution in [1.82, 2.24) is 4.90 Å². The van der Waals surface area contributed by atoms with Crippen molar-refractivity contribution in [3.05, 3.63) is 53.8 Å². The Morgan fingerprint density at radius 1 is 1.16 bits per heavy atom. The number of hydrogen-bond acceptors (Lipinski definition) is 4. The average molecular weight is 428 g/mol. The lowest BCUT2D eigenvalue weighted by Crippen LogP contribution is -2.45. The van der Waals surface area contributed by atoms with Crippen molar-refractivity contribution in [2.75, 3.05) is 37.0 Å². The Labute approximate surface area is 182 Å². The van der Waals surface area contributed by atoms with E-state index in [1.807, 2.05) is 47.9 Å². The van der Waals surface area contributed by atoms with E-state index >= 15 is 0 Å². The number of rotatable bonds is 4. The van der Waals surface area contributed by atoms with E-state index in [-0.39, 0.29) is 30.1 Å². The number of likely N-dealkylation sites (tertiary alicyclic amines) is 1. The second-order valence-corrected chi connectivity index (χ2v) is 8.39. The Morgan fingerprint density at radius 2 is 1.94 bits per heavy atom. The second-order valence-electron chi connectivity index (χ2n) is 8.39. The number of urea groups is 1. The third-order valence-corrected chi connectivity index (χ3v) is 5.95. The lowest BCUT2D eigenvalue weighted by molar-refractivity contribution is -0.00539. The van der Waals surface area contributed by atoms with Crippen LogP contribution in [0.15, 0.2) is 42.5 Å². The van der Waals surface area contributed by atoms with Crippen LogP contribution in [-0.2, 0) is 4.74 Å². The standard InChI is InChI=1S/C24H30FN3O3/c1-16-14-27(15-17(2)31-16)23-10-9-19(13-21(23)25)26-24(29)28-11-5-8-22(28)18-6-4-7-20(12-18)30-3/h4,6-7,9-10,12-13,16-17,22H,5,8,11,14-15H2,1-3H3,(H,26,29)/t16-,17+,22-/m0/s1. The number of carbonyl (C=O) groups is 1. The normalized spacial score (nSPS) is 23.7. The number of methoxy groups -OCH3 is 1. The van der Waals surface area contributed by atoms with Crippen LogP contribution in [0, 0.1) is 5.82 Å². The van der Waals surface area contributed by atoms with E-state index in [0.717, 1.165) is 24.2 Å². The number of nitrogens with zero attached hydrogens (tertiary/aromatic N) is 2. The fourth-order valence-corrected chi connectivity index (χ4v) is 4.62. The van der Waals surface area contributed by atoms with Gasteiger partial charge >= 0.3 is 6.03 Å². The Bertz CT molecular complexity index is 928. The zero-order chi connectivity index (χ0) is 22.0. The maximum Gasteiger partial charge on any atom is 0.322 e. The zero-order valence-electron chi connectivity index (χ0n) is 18.3. The molecule has 0 radical (unpaired) electrons. The smallest absolute Gasteiger partial charge is 0.322 e. The van der Waals surface area contributed by atoms with Gasteiger partial charge < -0.3 is 24.6 Å². The quantitative estimate of drug-likeness (QED) is 0.760. The molecule has 2 fully saturated rings. The molecule has 2 aromatic rings. The van der Waals surface area contributed by atoms with Crippen LogP contribution in [0.5, 0.6) is 5.75 Å². The van der Waals surface area contributed by atoms with Gasteiger partial charge in [-0.15, -0.1) is 0 Å². The summed E-state index contributed by atoms with van der Waals surface area (Å²) in [7, 11) is 1.63. The molecular formula is C24H30FN3O3. The number of anilines is 2. The van der Waals surface area contributed by atoms with Gasteiger partial charge in [0.25, 0.3) is 0 Å². The van der Waals surface area contributed by atoms with Crippen molar-refractivity contribution in [3.8, 4) is 5.75 Å². The Balaban J connectivity index is 1.46. The van der Waals surface area contributed by atoms with Crippen LogP contribution in [0.2, 0.25) is 0 Å². The molecule has 7 heteroatoms. The van der Waals surface area contributed by atoms with Crippen molar-refractivity contribution < 1.29 is 18.7 Å². The summed E-state index contributed by atoms with van der Waals surface area (Å²) in [5.41, 5.74) is 2.04. The first kappa shape index (κ1) is 21.4. The van der Waals surface area contributed by atoms with Crippen LogP contribution in [-0.4, -0.2) is 49.9 Å². The number of morpholine rings is 1. The van der Waals surface area contributed by atoms with Gasteiger partial charge in [-0.25, -0.2) is 9.18 Å². The predicted octanol–water partition coefficient (Wildman–Crippen LogP) is 4.82. The van der Waals surface area contributed by atoms with Crippen LogP contribution in [0.4, 0.5) is 20.6 Å². The van der Waals surface area contributed by atoms with Crippen LogP contribution in [0.25, 0.3) is 0 Å². The third kappa shape index (κ3) is 4.77. The number of amides is 2. The fourth-order valence-electron chi connectivity index (χ4n) is 4.62. The number of halogens is 1. The minimum atomic E-state index is -0.343. The molecular weight excluding hydrogens is 397 g/mol. The molecule has 2 aliphatic heterocycles. The molecule has 2 aromatic carbocycles. The van der Waals surface area contributed by atoms with Crippen molar-refractivity contribution >= 4 is 17.4 Å². The zero-order valence-corrected chi connectivity index (χ0v) is 18.3. The van der Waals surface area contributed by atoms with E-state index in [2.05, 4.69) is 5.32 Å². The van der Waals surface area contributed by atoms with E-state index in [4.69, 9.17) is 9.47 Å². The van der Waals surface area contributed by atoms with E-state index in [9.17, 15) is 9.18 Å². The molecule has 0 spiro atoms. The first-order valence-electron chi connectivity index (χ1n) is 10.9. The lowest BCUT2D eigenvalue weighted by Gasteiger charge is -2.37. The first-order chi connectivity index (χ1) is 14.9. The van der Waals surface area contributed by atoms with E-state index in [1.54, 1.807) is 19.2 Å². The number of benzene rings is 2. The highest BCUT2D eigenvalue weighted by atomic mass is 19.1. The summed E-state index contributed by atoms with van der Waals surface area (Å²) in [6.07, 6.45) is 1.91. The first-order valence-corrected chi connectivity index (χ1v) is 10.9. The average Bonchev–Trinajstić information content (AvgIpc) is 3.23. The second kappa shape index (κ2) is 9.14. The lowest BCUT2D eigenvalue weighted by atomic mass is 10.0. The van der Waals surface area contributed by atoms with Crippen molar-refractivity contribution in [3.63, 3.8) is 0 Å². The molecule has 2 heterocycles. The molecule has 3 atom stereocenters. The highest BCUT2D eigenvalue weighted by Gasteiger charge is 2.30. The molecule has 2 amide bonds. The van der Waals surface area contributed by atoms with Gasteiger partial charge in [0.05, 0.1) is 31.0 Å². The summed E-state index contributed by atoms with van der Waals surface area (Å²) in [6, 6.07) is 12.5. The molecule has 2 aliphatic rings. The molecule has 31 heavy (non-hydrogen) atoms. The Morgan fingerprint density at radius 3 is 2.65 bits per heavy atom. The molecule has 1 N–H and O–H groups in total. The highest BCUT2D eigenvalue weighted by molar-refractivity contribution is 5.90. The fraction of sp³-hybridized carbons (Fsp3) is 0.458.